The Morgan fingerprint density at radius 3 is 1.97 bits per heavy atom. The number of hydrogen-bond donors (Lipinski definition) is 0. The Bertz CT molecular complexity index is 1550. The van der Waals surface area contributed by atoms with Gasteiger partial charge in [0.2, 0.25) is 0 Å². The van der Waals surface area contributed by atoms with Crippen molar-refractivity contribution in [2.24, 2.45) is 14.1 Å². The molecule has 0 aliphatic heterocycles. The second kappa shape index (κ2) is 9.66. The SMILES string of the molecule is CC(C)c1ccccc1-c1n(-c2c(C(C)C)cc(-c3nc4ccccc4n3C)cc2C(C)C)cc[n+]1C. The van der Waals surface area contributed by atoms with Crippen LogP contribution in [0.2, 0.25) is 0 Å². The first-order valence-electron chi connectivity index (χ1n) is 13.4. The minimum absolute atomic E-state index is 0.350. The van der Waals surface area contributed by atoms with Crippen LogP contribution in [0.4, 0.5) is 0 Å². The van der Waals surface area contributed by atoms with Crippen molar-refractivity contribution in [1.29, 1.82) is 0 Å². The molecular weight excluding hydrogens is 452 g/mol. The monoisotopic (exact) mass is 491 g/mol. The maximum atomic E-state index is 5.04. The van der Waals surface area contributed by atoms with E-state index in [0.717, 1.165) is 16.9 Å². The maximum Gasteiger partial charge on any atom is 0.294 e. The Labute approximate surface area is 221 Å². The Morgan fingerprint density at radius 1 is 0.757 bits per heavy atom. The molecule has 0 amide bonds. The van der Waals surface area contributed by atoms with Gasteiger partial charge in [-0.15, -0.1) is 0 Å². The standard InChI is InChI=1S/C33H39N4/c1-21(2)25-13-9-10-14-26(25)33-35(7)17-18-37(33)31-27(22(3)4)19-24(20-28(31)23(5)6)32-34-29-15-11-12-16-30(29)36(32)8/h9-23H,1-8H3/q+1. The largest absolute Gasteiger partial charge is 0.327 e. The predicted molar refractivity (Wildman–Crippen MR) is 154 cm³/mol. The van der Waals surface area contributed by atoms with Gasteiger partial charge in [0.25, 0.3) is 5.82 Å². The summed E-state index contributed by atoms with van der Waals surface area (Å²) in [5.41, 5.74) is 9.99. The van der Waals surface area contributed by atoms with Gasteiger partial charge in [-0.2, -0.15) is 4.57 Å². The van der Waals surface area contributed by atoms with Crippen LogP contribution in [0, 0.1) is 0 Å². The van der Waals surface area contributed by atoms with Crippen LogP contribution in [0.1, 0.15) is 76.0 Å². The summed E-state index contributed by atoms with van der Waals surface area (Å²) in [6.07, 6.45) is 4.41. The van der Waals surface area contributed by atoms with Crippen LogP contribution >= 0.6 is 0 Å². The Kier molecular flexibility index (Phi) is 6.53. The first-order valence-corrected chi connectivity index (χ1v) is 13.4. The highest BCUT2D eigenvalue weighted by molar-refractivity contribution is 5.81. The third-order valence-corrected chi connectivity index (χ3v) is 7.52. The number of rotatable bonds is 6. The number of hydrogen-bond acceptors (Lipinski definition) is 1. The molecule has 2 heterocycles. The molecule has 5 aromatic rings. The van der Waals surface area contributed by atoms with Gasteiger partial charge in [0.05, 0.1) is 23.6 Å². The topological polar surface area (TPSA) is 26.6 Å². The molecule has 0 atom stereocenters. The van der Waals surface area contributed by atoms with E-state index < -0.39 is 0 Å². The van der Waals surface area contributed by atoms with E-state index in [2.05, 4.69) is 142 Å². The quantitative estimate of drug-likeness (QED) is 0.222. The summed E-state index contributed by atoms with van der Waals surface area (Å²) < 4.78 is 6.90. The Hall–Kier alpha value is -3.66. The van der Waals surface area contributed by atoms with Crippen LogP contribution in [0.3, 0.4) is 0 Å². The molecule has 0 aliphatic carbocycles. The van der Waals surface area contributed by atoms with E-state index in [-0.39, 0.29) is 0 Å². The summed E-state index contributed by atoms with van der Waals surface area (Å²) in [4.78, 5) is 5.04. The van der Waals surface area contributed by atoms with Crippen molar-refractivity contribution in [2.75, 3.05) is 0 Å². The number of fused-ring (bicyclic) bond motifs is 1. The van der Waals surface area contributed by atoms with Gasteiger partial charge >= 0.3 is 0 Å². The van der Waals surface area contributed by atoms with E-state index in [0.29, 0.717) is 17.8 Å². The summed E-state index contributed by atoms with van der Waals surface area (Å²) >= 11 is 0. The fourth-order valence-electron chi connectivity index (χ4n) is 5.55. The lowest BCUT2D eigenvalue weighted by Crippen LogP contribution is -2.29. The third-order valence-electron chi connectivity index (χ3n) is 7.52. The highest BCUT2D eigenvalue weighted by Crippen LogP contribution is 2.38. The molecule has 0 unspecified atom stereocenters. The molecule has 0 saturated heterocycles. The van der Waals surface area contributed by atoms with E-state index in [1.165, 1.54) is 39.3 Å². The fourth-order valence-corrected chi connectivity index (χ4v) is 5.55. The number of nitrogens with zero attached hydrogens (tertiary/aromatic N) is 4. The van der Waals surface area contributed by atoms with Crippen LogP contribution in [0.5, 0.6) is 0 Å². The summed E-state index contributed by atoms with van der Waals surface area (Å²) in [5.74, 6) is 3.36. The van der Waals surface area contributed by atoms with E-state index in [9.17, 15) is 0 Å². The zero-order valence-electron chi connectivity index (χ0n) is 23.4. The van der Waals surface area contributed by atoms with Crippen LogP contribution < -0.4 is 4.57 Å². The van der Waals surface area contributed by atoms with Gasteiger partial charge in [-0.25, -0.2) is 9.55 Å². The first-order chi connectivity index (χ1) is 17.7. The molecule has 5 rings (SSSR count). The van der Waals surface area contributed by atoms with Crippen molar-refractivity contribution < 1.29 is 4.57 Å². The molecule has 3 aromatic carbocycles. The molecule has 0 spiro atoms. The summed E-state index contributed by atoms with van der Waals surface area (Å²) in [5, 5.41) is 0. The average molecular weight is 492 g/mol. The highest BCUT2D eigenvalue weighted by atomic mass is 15.1. The number of aryl methyl sites for hydroxylation is 2. The smallest absolute Gasteiger partial charge is 0.294 e. The van der Waals surface area contributed by atoms with Crippen molar-refractivity contribution in [1.82, 2.24) is 14.1 Å². The van der Waals surface area contributed by atoms with Gasteiger partial charge in [-0.1, -0.05) is 71.9 Å². The van der Waals surface area contributed by atoms with Crippen molar-refractivity contribution in [3.63, 3.8) is 0 Å². The van der Waals surface area contributed by atoms with Crippen molar-refractivity contribution in [2.45, 2.75) is 59.3 Å². The highest BCUT2D eigenvalue weighted by Gasteiger charge is 2.29. The second-order valence-corrected chi connectivity index (χ2v) is 11.1. The first kappa shape index (κ1) is 25.0. The molecule has 0 bridgehead atoms. The van der Waals surface area contributed by atoms with Crippen LogP contribution in [-0.2, 0) is 14.1 Å². The number of imidazole rings is 2. The number of para-hydroxylation sites is 2. The van der Waals surface area contributed by atoms with E-state index >= 15 is 0 Å². The maximum absolute atomic E-state index is 5.04. The lowest BCUT2D eigenvalue weighted by atomic mass is 9.89. The minimum atomic E-state index is 0.350. The molecule has 37 heavy (non-hydrogen) atoms. The molecule has 0 fully saturated rings. The molecular formula is C33H39N4+. The van der Waals surface area contributed by atoms with Crippen molar-refractivity contribution >= 4 is 11.0 Å². The molecule has 190 valence electrons. The zero-order valence-corrected chi connectivity index (χ0v) is 23.4. The van der Waals surface area contributed by atoms with Gasteiger partial charge in [0.1, 0.15) is 23.9 Å². The summed E-state index contributed by atoms with van der Waals surface area (Å²) in [7, 11) is 4.27. The van der Waals surface area contributed by atoms with E-state index in [1.54, 1.807) is 0 Å². The predicted octanol–water partition coefficient (Wildman–Crippen LogP) is 7.89. The lowest BCUT2D eigenvalue weighted by molar-refractivity contribution is -0.659. The van der Waals surface area contributed by atoms with Gasteiger partial charge in [-0.05, 0) is 53.6 Å². The van der Waals surface area contributed by atoms with E-state index in [4.69, 9.17) is 4.98 Å². The zero-order chi connectivity index (χ0) is 26.4. The summed E-state index contributed by atoms with van der Waals surface area (Å²) in [6.45, 7) is 13.7. The third kappa shape index (κ3) is 4.29. The van der Waals surface area contributed by atoms with Crippen molar-refractivity contribution in [3.05, 3.63) is 89.7 Å². The van der Waals surface area contributed by atoms with Gasteiger partial charge < -0.3 is 4.57 Å². The second-order valence-electron chi connectivity index (χ2n) is 11.1. The molecule has 4 heteroatoms. The van der Waals surface area contributed by atoms with Crippen LogP contribution in [-0.4, -0.2) is 14.1 Å². The van der Waals surface area contributed by atoms with Gasteiger partial charge in [0, 0.05) is 23.7 Å². The molecule has 0 saturated carbocycles. The van der Waals surface area contributed by atoms with Crippen LogP contribution in [0.15, 0.2) is 73.1 Å². The molecule has 0 N–H and O–H groups in total. The molecule has 0 radical (unpaired) electrons. The molecule has 2 aromatic heterocycles. The normalized spacial score (nSPS) is 12.0. The van der Waals surface area contributed by atoms with Crippen molar-refractivity contribution in [3.8, 4) is 28.5 Å². The number of benzene rings is 3. The lowest BCUT2D eigenvalue weighted by Gasteiger charge is -2.20. The van der Waals surface area contributed by atoms with Gasteiger partial charge in [0.15, 0.2) is 0 Å². The fraction of sp³-hybridized carbons (Fsp3) is 0.333. The molecule has 4 nitrogen and oxygen atoms in total. The molecule has 0 aliphatic rings. The minimum Gasteiger partial charge on any atom is -0.327 e. The summed E-state index contributed by atoms with van der Waals surface area (Å²) in [6, 6.07) is 21.9. The Morgan fingerprint density at radius 2 is 1.35 bits per heavy atom. The van der Waals surface area contributed by atoms with E-state index in [1.807, 2.05) is 0 Å². The van der Waals surface area contributed by atoms with Crippen LogP contribution in [0.25, 0.3) is 39.5 Å². The van der Waals surface area contributed by atoms with Gasteiger partial charge in [-0.3, -0.25) is 0 Å². The average Bonchev–Trinajstić information content (AvgIpc) is 3.42. The Balaban J connectivity index is 1.80. The number of aromatic nitrogens is 4.